The third-order valence-corrected chi connectivity index (χ3v) is 1.89. The van der Waals surface area contributed by atoms with Crippen LogP contribution in [0.4, 0.5) is 0 Å². The fraction of sp³-hybridized carbons (Fsp3) is 0.375. The zero-order valence-electron chi connectivity index (χ0n) is 7.74. The molecule has 0 aliphatic heterocycles. The molecule has 1 heterocycles. The largest absolute Gasteiger partial charge is 0.390 e. The second-order valence-electron chi connectivity index (χ2n) is 2.93. The van der Waals surface area contributed by atoms with Crippen LogP contribution in [0, 0.1) is 0 Å². The number of hydrogen-bond donors (Lipinski definition) is 3. The highest BCUT2D eigenvalue weighted by atomic mass is 16.3. The molecule has 15 heavy (non-hydrogen) atoms. The summed E-state index contributed by atoms with van der Waals surface area (Å²) in [7, 11) is 0. The van der Waals surface area contributed by atoms with Crippen LogP contribution in [0.3, 0.4) is 0 Å². The maximum atomic E-state index is 10.3. The molecule has 0 fully saturated rings. The summed E-state index contributed by atoms with van der Waals surface area (Å²) in [6, 6.07) is 1.41. The van der Waals surface area contributed by atoms with Crippen molar-refractivity contribution in [3.8, 4) is 0 Å². The highest BCUT2D eigenvalue weighted by molar-refractivity contribution is 5.72. The van der Waals surface area contributed by atoms with Gasteiger partial charge in [0.2, 0.25) is 0 Å². The molecular weight excluding hydrogens is 200 g/mol. The van der Waals surface area contributed by atoms with Gasteiger partial charge in [-0.2, -0.15) is 0 Å². The summed E-state index contributed by atoms with van der Waals surface area (Å²) in [5.41, 5.74) is 8.70. The molecule has 3 N–H and O–H groups in total. The minimum atomic E-state index is -1.18. The number of aromatic nitrogens is 1. The van der Waals surface area contributed by atoms with Gasteiger partial charge in [0.05, 0.1) is 18.3 Å². The highest BCUT2D eigenvalue weighted by Gasteiger charge is 2.18. The Morgan fingerprint density at radius 2 is 2.40 bits per heavy atom. The third-order valence-electron chi connectivity index (χ3n) is 1.89. The van der Waals surface area contributed by atoms with Crippen LogP contribution in [-0.4, -0.2) is 34.1 Å². The number of azide groups is 1. The minimum Gasteiger partial charge on any atom is -0.390 e. The van der Waals surface area contributed by atoms with Crippen LogP contribution in [-0.2, 0) is 0 Å². The molecular formula is C8H10N4O3. The van der Waals surface area contributed by atoms with Crippen molar-refractivity contribution < 1.29 is 15.0 Å². The molecule has 0 saturated carbocycles. The van der Waals surface area contributed by atoms with Crippen LogP contribution >= 0.6 is 0 Å². The first-order valence-electron chi connectivity index (χ1n) is 4.19. The number of aliphatic hydroxyl groups excluding tert-OH is 2. The van der Waals surface area contributed by atoms with Crippen LogP contribution in [0.1, 0.15) is 22.2 Å². The first-order chi connectivity index (χ1) is 7.19. The average Bonchev–Trinajstić information content (AvgIpc) is 2.73. The lowest BCUT2D eigenvalue weighted by Gasteiger charge is -2.13. The number of hydrogen-bond acceptors (Lipinski definition) is 4. The number of H-pyrrole nitrogens is 1. The summed E-state index contributed by atoms with van der Waals surface area (Å²) in [6.07, 6.45) is -0.360. The van der Waals surface area contributed by atoms with Crippen molar-refractivity contribution >= 4 is 6.29 Å². The van der Waals surface area contributed by atoms with Gasteiger partial charge in [-0.15, -0.1) is 0 Å². The van der Waals surface area contributed by atoms with Gasteiger partial charge in [-0.05, 0) is 11.6 Å². The van der Waals surface area contributed by atoms with Crippen molar-refractivity contribution in [3.05, 3.63) is 34.0 Å². The number of carbonyl (C=O) groups is 1. The molecule has 7 nitrogen and oxygen atoms in total. The molecule has 1 rings (SSSR count). The van der Waals surface area contributed by atoms with Gasteiger partial charge in [0.1, 0.15) is 6.10 Å². The van der Waals surface area contributed by atoms with Crippen molar-refractivity contribution in [3.63, 3.8) is 0 Å². The molecule has 0 bridgehead atoms. The third kappa shape index (κ3) is 2.81. The summed E-state index contributed by atoms with van der Waals surface area (Å²) >= 11 is 0. The summed E-state index contributed by atoms with van der Waals surface area (Å²) in [5.74, 6) is 0. The first-order valence-corrected chi connectivity index (χ1v) is 4.19. The second-order valence-corrected chi connectivity index (χ2v) is 2.93. The van der Waals surface area contributed by atoms with E-state index in [-0.39, 0.29) is 6.54 Å². The van der Waals surface area contributed by atoms with E-state index in [1.165, 1.54) is 12.3 Å². The quantitative estimate of drug-likeness (QED) is 0.284. The summed E-state index contributed by atoms with van der Waals surface area (Å²) in [6.45, 7) is -0.223. The molecule has 0 spiro atoms. The van der Waals surface area contributed by atoms with E-state index < -0.39 is 12.2 Å². The van der Waals surface area contributed by atoms with Crippen molar-refractivity contribution in [2.45, 2.75) is 12.2 Å². The Labute approximate surface area is 85.0 Å². The molecule has 1 aromatic heterocycles. The summed E-state index contributed by atoms with van der Waals surface area (Å²) in [5, 5.41) is 22.1. The van der Waals surface area contributed by atoms with Crippen LogP contribution in [0.2, 0.25) is 0 Å². The molecule has 0 saturated heterocycles. The van der Waals surface area contributed by atoms with Crippen LogP contribution in [0.5, 0.6) is 0 Å². The number of aldehydes is 1. The number of nitrogens with one attached hydrogen (secondary N) is 1. The monoisotopic (exact) mass is 210 g/mol. The van der Waals surface area contributed by atoms with E-state index in [1.807, 2.05) is 0 Å². The van der Waals surface area contributed by atoms with E-state index in [0.29, 0.717) is 17.5 Å². The Bertz CT molecular complexity index is 383. The van der Waals surface area contributed by atoms with Gasteiger partial charge in [-0.25, -0.2) is 0 Å². The lowest BCUT2D eigenvalue weighted by Crippen LogP contribution is -2.20. The van der Waals surface area contributed by atoms with Gasteiger partial charge < -0.3 is 15.2 Å². The number of carbonyl (C=O) groups excluding carboxylic acids is 1. The smallest absolute Gasteiger partial charge is 0.166 e. The van der Waals surface area contributed by atoms with E-state index in [4.69, 9.17) is 5.53 Å². The van der Waals surface area contributed by atoms with Gasteiger partial charge in [0.25, 0.3) is 0 Å². The Hall–Kier alpha value is -1.82. The molecule has 0 amide bonds. The lowest BCUT2D eigenvalue weighted by atomic mass is 10.1. The minimum absolute atomic E-state index is 0.223. The number of nitrogens with zero attached hydrogens (tertiary/aromatic N) is 3. The average molecular weight is 210 g/mol. The Kier molecular flexibility index (Phi) is 3.87. The van der Waals surface area contributed by atoms with E-state index in [9.17, 15) is 15.0 Å². The zero-order chi connectivity index (χ0) is 11.3. The SMILES string of the molecule is [N-]=[N+]=NCC(O)C(O)c1c[nH]c(C=O)c1. The van der Waals surface area contributed by atoms with Crippen LogP contribution < -0.4 is 0 Å². The molecule has 0 aromatic carbocycles. The van der Waals surface area contributed by atoms with Gasteiger partial charge in [-0.1, -0.05) is 5.11 Å². The Morgan fingerprint density at radius 3 is 2.93 bits per heavy atom. The van der Waals surface area contributed by atoms with Gasteiger partial charge in [0.15, 0.2) is 6.29 Å². The molecule has 0 radical (unpaired) electrons. The number of rotatable bonds is 5. The van der Waals surface area contributed by atoms with E-state index >= 15 is 0 Å². The molecule has 0 aliphatic rings. The number of aliphatic hydroxyl groups is 2. The normalized spacial score (nSPS) is 14.0. The van der Waals surface area contributed by atoms with Crippen molar-refractivity contribution in [2.75, 3.05) is 6.54 Å². The summed E-state index contributed by atoms with van der Waals surface area (Å²) < 4.78 is 0. The van der Waals surface area contributed by atoms with Crippen molar-refractivity contribution in [1.29, 1.82) is 0 Å². The van der Waals surface area contributed by atoms with Crippen LogP contribution in [0.25, 0.3) is 10.4 Å². The van der Waals surface area contributed by atoms with E-state index in [2.05, 4.69) is 15.0 Å². The fourth-order valence-electron chi connectivity index (χ4n) is 1.11. The first kappa shape index (κ1) is 11.3. The lowest BCUT2D eigenvalue weighted by molar-refractivity contribution is 0.0245. The van der Waals surface area contributed by atoms with Crippen LogP contribution in [0.15, 0.2) is 17.4 Å². The predicted molar refractivity (Wildman–Crippen MR) is 51.2 cm³/mol. The molecule has 2 atom stereocenters. The fourth-order valence-corrected chi connectivity index (χ4v) is 1.11. The van der Waals surface area contributed by atoms with Gasteiger partial charge in [0, 0.05) is 16.7 Å². The standard InChI is InChI=1S/C8H10N4O3/c9-12-11-3-7(14)8(15)5-1-6(4-13)10-2-5/h1-2,4,7-8,10,14-15H,3H2. The molecule has 80 valence electrons. The Morgan fingerprint density at radius 1 is 1.67 bits per heavy atom. The molecule has 0 aliphatic carbocycles. The topological polar surface area (TPSA) is 122 Å². The van der Waals surface area contributed by atoms with Crippen molar-refractivity contribution in [1.82, 2.24) is 4.98 Å². The second kappa shape index (κ2) is 5.16. The van der Waals surface area contributed by atoms with E-state index in [0.717, 1.165) is 0 Å². The van der Waals surface area contributed by atoms with Crippen molar-refractivity contribution in [2.24, 2.45) is 5.11 Å². The predicted octanol–water partition coefficient (Wildman–Crippen LogP) is 0.532. The Balaban J connectivity index is 2.70. The zero-order valence-corrected chi connectivity index (χ0v) is 7.74. The highest BCUT2D eigenvalue weighted by Crippen LogP contribution is 2.17. The molecule has 2 unspecified atom stereocenters. The number of aromatic amines is 1. The maximum absolute atomic E-state index is 10.3. The summed E-state index contributed by atoms with van der Waals surface area (Å²) in [4.78, 5) is 15.4. The maximum Gasteiger partial charge on any atom is 0.166 e. The van der Waals surface area contributed by atoms with Gasteiger partial charge >= 0.3 is 0 Å². The van der Waals surface area contributed by atoms with Gasteiger partial charge in [-0.3, -0.25) is 4.79 Å². The molecule has 7 heteroatoms. The van der Waals surface area contributed by atoms with E-state index in [1.54, 1.807) is 0 Å². The molecule has 1 aromatic rings.